The number of nitrogens with one attached hydrogen (secondary N) is 1. The predicted molar refractivity (Wildman–Crippen MR) is 130 cm³/mol. The van der Waals surface area contributed by atoms with E-state index in [9.17, 15) is 0 Å². The van der Waals surface area contributed by atoms with Gasteiger partial charge in [-0.2, -0.15) is 0 Å². The molecule has 1 N–H and O–H groups in total. The van der Waals surface area contributed by atoms with Crippen LogP contribution in [0.3, 0.4) is 0 Å². The Kier molecular flexibility index (Phi) is 9.29. The summed E-state index contributed by atoms with van der Waals surface area (Å²) in [6.07, 6.45) is 9.59. The van der Waals surface area contributed by atoms with E-state index in [4.69, 9.17) is 18.9 Å². The molecule has 0 aliphatic carbocycles. The topological polar surface area (TPSA) is 49.0 Å². The molecule has 1 atom stereocenters. The van der Waals surface area contributed by atoms with Gasteiger partial charge in [-0.05, 0) is 60.2 Å². The Morgan fingerprint density at radius 1 is 0.875 bits per heavy atom. The molecule has 2 aromatic carbocycles. The average Bonchev–Trinajstić information content (AvgIpc) is 2.82. The monoisotopic (exact) mass is 439 g/mol. The Balaban J connectivity index is 1.79. The molecule has 1 heterocycles. The van der Waals surface area contributed by atoms with E-state index in [1.165, 1.54) is 11.1 Å². The molecule has 0 bridgehead atoms. The van der Waals surface area contributed by atoms with E-state index < -0.39 is 0 Å². The second-order valence-corrected chi connectivity index (χ2v) is 8.06. The maximum atomic E-state index is 5.99. The summed E-state index contributed by atoms with van der Waals surface area (Å²) in [4.78, 5) is 0. The lowest BCUT2D eigenvalue weighted by molar-refractivity contribution is 0.287. The number of hydrogen-bond acceptors (Lipinski definition) is 5. The van der Waals surface area contributed by atoms with Crippen LogP contribution in [0.15, 0.2) is 36.4 Å². The molecule has 5 nitrogen and oxygen atoms in total. The third kappa shape index (κ3) is 6.19. The predicted octanol–water partition coefficient (Wildman–Crippen LogP) is 5.96. The van der Waals surface area contributed by atoms with Crippen molar-refractivity contribution in [1.82, 2.24) is 5.32 Å². The van der Waals surface area contributed by atoms with Crippen molar-refractivity contribution in [3.05, 3.63) is 53.1 Å². The summed E-state index contributed by atoms with van der Waals surface area (Å²) in [5, 5.41) is 3.61. The second kappa shape index (κ2) is 12.4. The molecule has 1 aliphatic rings. The van der Waals surface area contributed by atoms with Crippen LogP contribution in [0, 0.1) is 0 Å². The molecule has 0 fully saturated rings. The van der Waals surface area contributed by atoms with Gasteiger partial charge in [-0.15, -0.1) is 0 Å². The number of benzene rings is 2. The highest BCUT2D eigenvalue weighted by Crippen LogP contribution is 2.36. The second-order valence-electron chi connectivity index (χ2n) is 8.06. The van der Waals surface area contributed by atoms with Gasteiger partial charge in [-0.25, -0.2) is 0 Å². The lowest BCUT2D eigenvalue weighted by atomic mass is 9.93. The van der Waals surface area contributed by atoms with Gasteiger partial charge < -0.3 is 24.3 Å². The Labute approximate surface area is 192 Å². The first-order valence-corrected chi connectivity index (χ1v) is 11.8. The van der Waals surface area contributed by atoms with Crippen molar-refractivity contribution in [3.8, 4) is 23.0 Å². The van der Waals surface area contributed by atoms with Crippen LogP contribution >= 0.6 is 0 Å². The summed E-state index contributed by atoms with van der Waals surface area (Å²) in [5.74, 6) is 3.18. The van der Waals surface area contributed by atoms with Gasteiger partial charge in [0.15, 0.2) is 23.0 Å². The molecule has 0 aromatic heterocycles. The molecule has 0 saturated heterocycles. The number of ether oxygens (including phenoxy) is 4. The third-order valence-corrected chi connectivity index (χ3v) is 5.70. The Morgan fingerprint density at radius 3 is 2.22 bits per heavy atom. The zero-order valence-corrected chi connectivity index (χ0v) is 19.9. The summed E-state index contributed by atoms with van der Waals surface area (Å²) in [5.41, 5.74) is 3.63. The molecular weight excluding hydrogens is 402 g/mol. The molecule has 32 heavy (non-hydrogen) atoms. The molecule has 0 amide bonds. The van der Waals surface area contributed by atoms with E-state index >= 15 is 0 Å². The Morgan fingerprint density at radius 2 is 1.56 bits per heavy atom. The SMILES string of the molecule is CCCCOc1cc(/C=C/C2NCCc3cc(OCCCC)c(OC)cc32)ccc1OC. The van der Waals surface area contributed by atoms with Gasteiger partial charge in [-0.3, -0.25) is 0 Å². The summed E-state index contributed by atoms with van der Waals surface area (Å²) < 4.78 is 23.0. The van der Waals surface area contributed by atoms with Crippen molar-refractivity contribution < 1.29 is 18.9 Å². The van der Waals surface area contributed by atoms with Crippen LogP contribution in [0.25, 0.3) is 6.08 Å². The Hall–Kier alpha value is -2.66. The largest absolute Gasteiger partial charge is 0.493 e. The number of fused-ring (bicyclic) bond motifs is 1. The van der Waals surface area contributed by atoms with Gasteiger partial charge in [0, 0.05) is 6.54 Å². The van der Waals surface area contributed by atoms with Crippen molar-refractivity contribution in [2.45, 2.75) is 52.0 Å². The third-order valence-electron chi connectivity index (χ3n) is 5.70. The van der Waals surface area contributed by atoms with E-state index in [0.717, 1.165) is 67.2 Å². The number of rotatable bonds is 12. The standard InChI is InChI=1S/C27H37NO4/c1-5-7-15-31-26-17-20(10-12-24(26)29-3)9-11-23-22-19-25(30-4)27(32-16-8-6-2)18-21(22)13-14-28-23/h9-12,17-19,23,28H,5-8,13-16H2,1-4H3/b11-9+. The van der Waals surface area contributed by atoms with Crippen molar-refractivity contribution in [3.63, 3.8) is 0 Å². The summed E-state index contributed by atoms with van der Waals surface area (Å²) in [6.45, 7) is 6.66. The minimum Gasteiger partial charge on any atom is -0.493 e. The number of unbranched alkanes of at least 4 members (excludes halogenated alkanes) is 2. The lowest BCUT2D eigenvalue weighted by Gasteiger charge is -2.26. The highest BCUT2D eigenvalue weighted by atomic mass is 16.5. The van der Waals surface area contributed by atoms with E-state index in [-0.39, 0.29) is 6.04 Å². The molecule has 1 aliphatic heterocycles. The highest BCUT2D eigenvalue weighted by Gasteiger charge is 2.21. The van der Waals surface area contributed by atoms with Crippen molar-refractivity contribution in [1.29, 1.82) is 0 Å². The zero-order valence-electron chi connectivity index (χ0n) is 19.9. The van der Waals surface area contributed by atoms with Crippen LogP contribution in [0.1, 0.15) is 62.3 Å². The maximum absolute atomic E-state index is 5.99. The molecule has 3 rings (SSSR count). The fourth-order valence-corrected chi connectivity index (χ4v) is 3.81. The molecule has 174 valence electrons. The molecule has 2 aromatic rings. The van der Waals surface area contributed by atoms with Crippen LogP contribution in [0.4, 0.5) is 0 Å². The normalized spacial score (nSPS) is 15.4. The number of hydrogen-bond donors (Lipinski definition) is 1. The minimum absolute atomic E-state index is 0.115. The van der Waals surface area contributed by atoms with Gasteiger partial charge in [0.05, 0.1) is 33.5 Å². The molecule has 0 spiro atoms. The quantitative estimate of drug-likeness (QED) is 0.413. The van der Waals surface area contributed by atoms with Crippen LogP contribution in [0.2, 0.25) is 0 Å². The van der Waals surface area contributed by atoms with Crippen molar-refractivity contribution in [2.24, 2.45) is 0 Å². The minimum atomic E-state index is 0.115. The van der Waals surface area contributed by atoms with Crippen LogP contribution in [-0.4, -0.2) is 34.0 Å². The van der Waals surface area contributed by atoms with E-state index in [2.05, 4.69) is 49.5 Å². The van der Waals surface area contributed by atoms with E-state index in [0.29, 0.717) is 13.2 Å². The Bertz CT molecular complexity index is 893. The first-order valence-electron chi connectivity index (χ1n) is 11.8. The molecule has 0 saturated carbocycles. The summed E-state index contributed by atoms with van der Waals surface area (Å²) in [6, 6.07) is 10.4. The highest BCUT2D eigenvalue weighted by molar-refractivity contribution is 5.58. The lowest BCUT2D eigenvalue weighted by Crippen LogP contribution is -2.28. The van der Waals surface area contributed by atoms with Crippen molar-refractivity contribution in [2.75, 3.05) is 34.0 Å². The molecule has 1 unspecified atom stereocenters. The fraction of sp³-hybridized carbons (Fsp3) is 0.481. The summed E-state index contributed by atoms with van der Waals surface area (Å²) >= 11 is 0. The molecule has 0 radical (unpaired) electrons. The maximum Gasteiger partial charge on any atom is 0.161 e. The van der Waals surface area contributed by atoms with Gasteiger partial charge in [0.25, 0.3) is 0 Å². The first-order chi connectivity index (χ1) is 15.7. The molecule has 5 heteroatoms. The van der Waals surface area contributed by atoms with Crippen LogP contribution < -0.4 is 24.3 Å². The molecular formula is C27H37NO4. The van der Waals surface area contributed by atoms with E-state index in [1.807, 2.05) is 12.1 Å². The van der Waals surface area contributed by atoms with Gasteiger partial charge in [0.1, 0.15) is 0 Å². The smallest absolute Gasteiger partial charge is 0.161 e. The van der Waals surface area contributed by atoms with Crippen LogP contribution in [0.5, 0.6) is 23.0 Å². The van der Waals surface area contributed by atoms with Crippen LogP contribution in [-0.2, 0) is 6.42 Å². The first kappa shape index (κ1) is 24.0. The summed E-state index contributed by atoms with van der Waals surface area (Å²) in [7, 11) is 3.38. The fourth-order valence-electron chi connectivity index (χ4n) is 3.81. The van der Waals surface area contributed by atoms with Gasteiger partial charge in [-0.1, -0.05) is 44.9 Å². The van der Waals surface area contributed by atoms with Gasteiger partial charge >= 0.3 is 0 Å². The zero-order chi connectivity index (χ0) is 22.8. The average molecular weight is 440 g/mol. The number of methoxy groups -OCH3 is 2. The van der Waals surface area contributed by atoms with Crippen molar-refractivity contribution >= 4 is 6.08 Å². The van der Waals surface area contributed by atoms with E-state index in [1.54, 1.807) is 14.2 Å². The van der Waals surface area contributed by atoms with Gasteiger partial charge in [0.2, 0.25) is 0 Å².